The van der Waals surface area contributed by atoms with Crippen molar-refractivity contribution < 1.29 is 4.52 Å². The number of likely N-dealkylation sites (N-methyl/N-ethyl adjacent to an activating group) is 1. The summed E-state index contributed by atoms with van der Waals surface area (Å²) in [7, 11) is 2.12. The van der Waals surface area contributed by atoms with Crippen LogP contribution in [0, 0.1) is 0 Å². The van der Waals surface area contributed by atoms with Gasteiger partial charge in [0.25, 0.3) is 5.95 Å². The first-order valence-corrected chi connectivity index (χ1v) is 6.09. The van der Waals surface area contributed by atoms with Crippen LogP contribution in [0.2, 0.25) is 0 Å². The summed E-state index contributed by atoms with van der Waals surface area (Å²) in [5.74, 6) is 1.19. The first-order valence-electron chi connectivity index (χ1n) is 6.09. The molecule has 1 aliphatic heterocycles. The summed E-state index contributed by atoms with van der Waals surface area (Å²) >= 11 is 0. The van der Waals surface area contributed by atoms with Crippen LogP contribution >= 0.6 is 0 Å². The van der Waals surface area contributed by atoms with Crippen LogP contribution in [-0.2, 0) is 5.54 Å². The number of rotatable bonds is 3. The minimum absolute atomic E-state index is 0.522. The van der Waals surface area contributed by atoms with Gasteiger partial charge >= 0.3 is 0 Å². The van der Waals surface area contributed by atoms with E-state index in [2.05, 4.69) is 27.0 Å². The van der Waals surface area contributed by atoms with E-state index >= 15 is 0 Å². The van der Waals surface area contributed by atoms with Gasteiger partial charge in [-0.1, -0.05) is 6.92 Å². The summed E-state index contributed by atoms with van der Waals surface area (Å²) in [5, 5.41) is 4.02. The molecule has 1 atom stereocenters. The average molecular weight is 239 g/mol. The molecule has 1 aromatic heterocycles. The molecule has 0 bridgehead atoms. The van der Waals surface area contributed by atoms with E-state index < -0.39 is 5.54 Å². The Morgan fingerprint density at radius 1 is 1.35 bits per heavy atom. The van der Waals surface area contributed by atoms with Gasteiger partial charge in [0.1, 0.15) is 0 Å². The predicted octanol–water partition coefficient (Wildman–Crippen LogP) is 0.405. The molecule has 2 N–H and O–H groups in total. The fourth-order valence-electron chi connectivity index (χ4n) is 1.73. The smallest absolute Gasteiger partial charge is 0.266 e. The molecule has 0 aromatic carbocycles. The van der Waals surface area contributed by atoms with Gasteiger partial charge in [-0.15, -0.1) is 0 Å². The van der Waals surface area contributed by atoms with Gasteiger partial charge in [0, 0.05) is 26.2 Å². The summed E-state index contributed by atoms with van der Waals surface area (Å²) < 4.78 is 5.26. The number of nitrogens with two attached hydrogens (primary N) is 1. The molecular formula is C11H21N5O. The second kappa shape index (κ2) is 4.62. The molecule has 6 heteroatoms. The molecule has 1 fully saturated rings. The molecule has 2 rings (SSSR count). The molecule has 0 spiro atoms. The molecule has 1 saturated heterocycles. The number of aromatic nitrogens is 2. The molecule has 6 nitrogen and oxygen atoms in total. The lowest BCUT2D eigenvalue weighted by atomic mass is 10.0. The van der Waals surface area contributed by atoms with Crippen molar-refractivity contribution in [1.82, 2.24) is 15.0 Å². The first kappa shape index (κ1) is 12.3. The molecule has 0 amide bonds. The van der Waals surface area contributed by atoms with Crippen molar-refractivity contribution in [3.05, 3.63) is 5.89 Å². The van der Waals surface area contributed by atoms with Crippen molar-refractivity contribution in [2.75, 3.05) is 38.1 Å². The third kappa shape index (κ3) is 2.58. The van der Waals surface area contributed by atoms with Gasteiger partial charge in [-0.2, -0.15) is 4.98 Å². The van der Waals surface area contributed by atoms with Gasteiger partial charge in [0.2, 0.25) is 5.89 Å². The molecule has 0 aliphatic carbocycles. The van der Waals surface area contributed by atoms with Crippen LogP contribution in [0.4, 0.5) is 5.95 Å². The fraction of sp³-hybridized carbons (Fsp3) is 0.818. The minimum Gasteiger partial charge on any atom is -0.336 e. The lowest BCUT2D eigenvalue weighted by Gasteiger charge is -2.31. The van der Waals surface area contributed by atoms with Crippen molar-refractivity contribution in [2.24, 2.45) is 5.73 Å². The van der Waals surface area contributed by atoms with Crippen LogP contribution in [0.15, 0.2) is 4.52 Å². The zero-order valence-corrected chi connectivity index (χ0v) is 10.8. The maximum atomic E-state index is 6.08. The number of anilines is 1. The number of piperazine rings is 1. The molecule has 1 unspecified atom stereocenters. The maximum Gasteiger partial charge on any atom is 0.266 e. The molecule has 0 radical (unpaired) electrons. The van der Waals surface area contributed by atoms with Gasteiger partial charge in [-0.05, 0) is 25.5 Å². The number of hydrogen-bond donors (Lipinski definition) is 1. The fourth-order valence-corrected chi connectivity index (χ4v) is 1.73. The van der Waals surface area contributed by atoms with E-state index in [0.29, 0.717) is 11.8 Å². The van der Waals surface area contributed by atoms with Crippen LogP contribution in [-0.4, -0.2) is 48.3 Å². The highest BCUT2D eigenvalue weighted by atomic mass is 16.5. The van der Waals surface area contributed by atoms with E-state index in [1.54, 1.807) is 0 Å². The van der Waals surface area contributed by atoms with E-state index in [4.69, 9.17) is 10.3 Å². The largest absolute Gasteiger partial charge is 0.336 e. The average Bonchev–Trinajstić information content (AvgIpc) is 2.80. The van der Waals surface area contributed by atoms with Crippen molar-refractivity contribution >= 4 is 5.95 Å². The quantitative estimate of drug-likeness (QED) is 0.823. The Morgan fingerprint density at radius 3 is 2.59 bits per heavy atom. The van der Waals surface area contributed by atoms with Gasteiger partial charge in [0.05, 0.1) is 5.54 Å². The van der Waals surface area contributed by atoms with Crippen molar-refractivity contribution in [1.29, 1.82) is 0 Å². The summed E-state index contributed by atoms with van der Waals surface area (Å²) in [5.41, 5.74) is 5.55. The standard InChI is InChI=1S/C11H21N5O/c1-4-11(2,12)9-13-10(14-17-9)16-7-5-15(3)6-8-16/h4-8,12H2,1-3H3. The monoisotopic (exact) mass is 239 g/mol. The molecule has 2 heterocycles. The number of hydrogen-bond acceptors (Lipinski definition) is 6. The highest BCUT2D eigenvalue weighted by Gasteiger charge is 2.28. The Bertz CT molecular complexity index is 368. The molecular weight excluding hydrogens is 218 g/mol. The first-order chi connectivity index (χ1) is 8.03. The van der Waals surface area contributed by atoms with E-state index in [1.807, 2.05) is 13.8 Å². The maximum absolute atomic E-state index is 6.08. The van der Waals surface area contributed by atoms with Gasteiger partial charge in [-0.25, -0.2) is 0 Å². The summed E-state index contributed by atoms with van der Waals surface area (Å²) in [6.45, 7) is 7.84. The SMILES string of the molecule is CCC(C)(N)c1nc(N2CCN(C)CC2)no1. The van der Waals surface area contributed by atoms with Crippen LogP contribution in [0.25, 0.3) is 0 Å². The van der Waals surface area contributed by atoms with Crippen molar-refractivity contribution in [3.8, 4) is 0 Å². The lowest BCUT2D eigenvalue weighted by Crippen LogP contribution is -2.45. The lowest BCUT2D eigenvalue weighted by molar-refractivity contribution is 0.288. The third-order valence-corrected chi connectivity index (χ3v) is 3.42. The normalized spacial score (nSPS) is 21.5. The zero-order valence-electron chi connectivity index (χ0n) is 10.8. The summed E-state index contributed by atoms with van der Waals surface area (Å²) in [6, 6.07) is 0. The molecule has 1 aromatic rings. The highest BCUT2D eigenvalue weighted by Crippen LogP contribution is 2.22. The third-order valence-electron chi connectivity index (χ3n) is 3.42. The molecule has 1 aliphatic rings. The Morgan fingerprint density at radius 2 is 2.00 bits per heavy atom. The summed E-state index contributed by atoms with van der Waals surface area (Å²) in [4.78, 5) is 8.83. The van der Waals surface area contributed by atoms with Crippen molar-refractivity contribution in [3.63, 3.8) is 0 Å². The van der Waals surface area contributed by atoms with Crippen LogP contribution < -0.4 is 10.6 Å². The Balaban J connectivity index is 2.08. The van der Waals surface area contributed by atoms with Crippen LogP contribution in [0.1, 0.15) is 26.2 Å². The van der Waals surface area contributed by atoms with E-state index in [-0.39, 0.29) is 0 Å². The Labute approximate surface area is 102 Å². The van der Waals surface area contributed by atoms with Gasteiger partial charge in [-0.3, -0.25) is 0 Å². The van der Waals surface area contributed by atoms with Crippen LogP contribution in [0.5, 0.6) is 0 Å². The molecule has 17 heavy (non-hydrogen) atoms. The molecule has 0 saturated carbocycles. The predicted molar refractivity (Wildman–Crippen MR) is 65.8 cm³/mol. The minimum atomic E-state index is -0.530. The Hall–Kier alpha value is -1.14. The van der Waals surface area contributed by atoms with Crippen LogP contribution in [0.3, 0.4) is 0 Å². The second-order valence-corrected chi connectivity index (χ2v) is 4.96. The van der Waals surface area contributed by atoms with Crippen molar-refractivity contribution in [2.45, 2.75) is 25.8 Å². The summed E-state index contributed by atoms with van der Waals surface area (Å²) in [6.07, 6.45) is 0.775. The Kier molecular flexibility index (Phi) is 3.35. The van der Waals surface area contributed by atoms with E-state index in [1.165, 1.54) is 0 Å². The second-order valence-electron chi connectivity index (χ2n) is 4.96. The number of nitrogens with zero attached hydrogens (tertiary/aromatic N) is 4. The molecule has 96 valence electrons. The topological polar surface area (TPSA) is 71.4 Å². The van der Waals surface area contributed by atoms with E-state index in [9.17, 15) is 0 Å². The zero-order chi connectivity index (χ0) is 12.5. The highest BCUT2D eigenvalue weighted by molar-refractivity contribution is 5.29. The van der Waals surface area contributed by atoms with Gasteiger partial charge in [0.15, 0.2) is 0 Å². The van der Waals surface area contributed by atoms with E-state index in [0.717, 1.165) is 32.6 Å². The van der Waals surface area contributed by atoms with Gasteiger partial charge < -0.3 is 20.1 Å².